The highest BCUT2D eigenvalue weighted by atomic mass is 32.2. The van der Waals surface area contributed by atoms with Gasteiger partial charge in [-0.2, -0.15) is 4.98 Å². The molecular weight excluding hydrogens is 336 g/mol. The molecule has 1 aromatic heterocycles. The van der Waals surface area contributed by atoms with Crippen molar-refractivity contribution in [2.75, 3.05) is 42.7 Å². The summed E-state index contributed by atoms with van der Waals surface area (Å²) in [7, 11) is 0.664. The quantitative estimate of drug-likeness (QED) is 0.515. The molecule has 4 atom stereocenters. The Morgan fingerprint density at radius 3 is 3.00 bits per heavy atom. The number of aromatic nitrogens is 2. The SMILES string of the molecule is CO[C@H]1CC(Nc2nc(N)[nH]c(=O)c2N)OC1CN1CCCS1=O. The second-order valence-electron chi connectivity index (χ2n) is 5.80. The molecule has 24 heavy (non-hydrogen) atoms. The topological polar surface area (TPSA) is 149 Å². The Labute approximate surface area is 141 Å². The number of nitrogen functional groups attached to an aromatic ring is 2. The van der Waals surface area contributed by atoms with Gasteiger partial charge in [-0.15, -0.1) is 0 Å². The first-order valence-electron chi connectivity index (χ1n) is 7.71. The Kier molecular flexibility index (Phi) is 5.04. The third kappa shape index (κ3) is 3.53. The van der Waals surface area contributed by atoms with Crippen LogP contribution >= 0.6 is 0 Å². The van der Waals surface area contributed by atoms with E-state index in [2.05, 4.69) is 15.3 Å². The van der Waals surface area contributed by atoms with Crippen LogP contribution in [0.15, 0.2) is 4.79 Å². The van der Waals surface area contributed by atoms with E-state index in [4.69, 9.17) is 20.9 Å². The molecule has 134 valence electrons. The number of methoxy groups -OCH3 is 1. The second kappa shape index (κ2) is 7.05. The van der Waals surface area contributed by atoms with Crippen LogP contribution in [0.3, 0.4) is 0 Å². The normalized spacial score (nSPS) is 30.7. The summed E-state index contributed by atoms with van der Waals surface area (Å²) >= 11 is 0. The molecule has 3 unspecified atom stereocenters. The number of aromatic amines is 1. The fourth-order valence-electron chi connectivity index (χ4n) is 2.95. The molecule has 0 bridgehead atoms. The van der Waals surface area contributed by atoms with E-state index < -0.39 is 22.8 Å². The molecule has 2 aliphatic rings. The summed E-state index contributed by atoms with van der Waals surface area (Å²) in [5, 5.41) is 2.99. The van der Waals surface area contributed by atoms with Crippen LogP contribution in [-0.2, 0) is 20.5 Å². The van der Waals surface area contributed by atoms with Crippen molar-refractivity contribution < 1.29 is 13.7 Å². The number of anilines is 3. The van der Waals surface area contributed by atoms with Gasteiger partial charge >= 0.3 is 0 Å². The molecule has 0 radical (unpaired) electrons. The monoisotopic (exact) mass is 358 g/mol. The third-order valence-electron chi connectivity index (χ3n) is 4.17. The molecule has 3 rings (SSSR count). The molecule has 0 saturated carbocycles. The van der Waals surface area contributed by atoms with Crippen molar-refractivity contribution >= 4 is 28.4 Å². The highest BCUT2D eigenvalue weighted by Gasteiger charge is 2.38. The maximum absolute atomic E-state index is 11.9. The van der Waals surface area contributed by atoms with Crippen LogP contribution in [0.25, 0.3) is 0 Å². The van der Waals surface area contributed by atoms with E-state index in [0.717, 1.165) is 13.0 Å². The molecular formula is C13H22N6O4S. The highest BCUT2D eigenvalue weighted by Crippen LogP contribution is 2.27. The molecule has 1 aromatic rings. The van der Waals surface area contributed by atoms with Crippen molar-refractivity contribution in [3.8, 4) is 0 Å². The van der Waals surface area contributed by atoms with E-state index in [1.807, 2.05) is 4.31 Å². The molecule has 0 aliphatic carbocycles. The molecule has 0 spiro atoms. The molecule has 2 fully saturated rings. The van der Waals surface area contributed by atoms with Crippen LogP contribution in [0.5, 0.6) is 0 Å². The lowest BCUT2D eigenvalue weighted by atomic mass is 10.1. The van der Waals surface area contributed by atoms with Gasteiger partial charge in [-0.3, -0.25) is 9.78 Å². The highest BCUT2D eigenvalue weighted by molar-refractivity contribution is 7.82. The van der Waals surface area contributed by atoms with Crippen molar-refractivity contribution in [1.29, 1.82) is 0 Å². The van der Waals surface area contributed by atoms with Gasteiger partial charge in [-0.1, -0.05) is 0 Å². The third-order valence-corrected chi connectivity index (χ3v) is 5.72. The van der Waals surface area contributed by atoms with E-state index in [1.54, 1.807) is 7.11 Å². The summed E-state index contributed by atoms with van der Waals surface area (Å²) in [4.78, 5) is 18.0. The fraction of sp³-hybridized carbons (Fsp3) is 0.692. The zero-order chi connectivity index (χ0) is 17.3. The molecule has 0 amide bonds. The number of hydrogen-bond acceptors (Lipinski definition) is 8. The average Bonchev–Trinajstić information content (AvgIpc) is 3.11. The summed E-state index contributed by atoms with van der Waals surface area (Å²) < 4.78 is 25.2. The largest absolute Gasteiger partial charge is 0.391 e. The summed E-state index contributed by atoms with van der Waals surface area (Å²) in [5.41, 5.74) is 10.7. The van der Waals surface area contributed by atoms with Gasteiger partial charge in [0, 0.05) is 32.4 Å². The van der Waals surface area contributed by atoms with E-state index in [0.29, 0.717) is 18.7 Å². The number of ether oxygens (including phenoxy) is 2. The van der Waals surface area contributed by atoms with E-state index in [1.165, 1.54) is 0 Å². The number of nitrogens with zero attached hydrogens (tertiary/aromatic N) is 2. The standard InChI is InChI=1S/C13H22N6O4S/c1-22-7-5-9(16-11-10(14)12(20)18-13(15)17-11)23-8(7)6-19-3-2-4-24(19)21/h7-9H,2-6,14H2,1H3,(H4,15,16,17,18,20)/t7-,8?,9?,24?/m0/s1. The Morgan fingerprint density at radius 1 is 1.54 bits per heavy atom. The van der Waals surface area contributed by atoms with E-state index in [9.17, 15) is 9.00 Å². The Morgan fingerprint density at radius 2 is 2.33 bits per heavy atom. The number of rotatable bonds is 5. The Bertz CT molecular complexity index is 683. The molecule has 11 heteroatoms. The van der Waals surface area contributed by atoms with Gasteiger partial charge in [0.15, 0.2) is 5.82 Å². The maximum atomic E-state index is 11.9. The first-order valence-corrected chi connectivity index (χ1v) is 8.99. The zero-order valence-electron chi connectivity index (χ0n) is 13.4. The van der Waals surface area contributed by atoms with Gasteiger partial charge in [0.2, 0.25) is 5.95 Å². The van der Waals surface area contributed by atoms with Crippen molar-refractivity contribution in [1.82, 2.24) is 14.3 Å². The molecule has 2 aliphatic heterocycles. The lowest BCUT2D eigenvalue weighted by molar-refractivity contribution is -0.00636. The minimum absolute atomic E-state index is 0.0259. The minimum atomic E-state index is -0.950. The van der Waals surface area contributed by atoms with Crippen molar-refractivity contribution in [3.63, 3.8) is 0 Å². The number of H-pyrrole nitrogens is 1. The van der Waals surface area contributed by atoms with E-state index in [-0.39, 0.29) is 29.7 Å². The minimum Gasteiger partial charge on any atom is -0.391 e. The van der Waals surface area contributed by atoms with Crippen molar-refractivity contribution in [2.24, 2.45) is 0 Å². The predicted molar refractivity (Wildman–Crippen MR) is 90.6 cm³/mol. The van der Waals surface area contributed by atoms with Crippen LogP contribution in [0.2, 0.25) is 0 Å². The van der Waals surface area contributed by atoms with Crippen LogP contribution < -0.4 is 22.3 Å². The maximum Gasteiger partial charge on any atom is 0.277 e. The lowest BCUT2D eigenvalue weighted by Crippen LogP contribution is -2.37. The van der Waals surface area contributed by atoms with Crippen LogP contribution in [-0.4, -0.2) is 62.9 Å². The fourth-order valence-corrected chi connectivity index (χ4v) is 4.23. The second-order valence-corrected chi connectivity index (χ2v) is 7.37. The number of nitrogens with two attached hydrogens (primary N) is 2. The van der Waals surface area contributed by atoms with Gasteiger partial charge in [0.25, 0.3) is 5.56 Å². The molecule has 0 aromatic carbocycles. The molecule has 6 N–H and O–H groups in total. The smallest absolute Gasteiger partial charge is 0.277 e. The van der Waals surface area contributed by atoms with Gasteiger partial charge in [0.1, 0.15) is 18.0 Å². The molecule has 3 heterocycles. The summed E-state index contributed by atoms with van der Waals surface area (Å²) in [6, 6.07) is 0. The first-order chi connectivity index (χ1) is 11.5. The Hall–Kier alpha value is -1.69. The van der Waals surface area contributed by atoms with Gasteiger partial charge in [0.05, 0.1) is 17.1 Å². The van der Waals surface area contributed by atoms with Crippen molar-refractivity contribution in [2.45, 2.75) is 31.3 Å². The first kappa shape index (κ1) is 17.1. The molecule has 10 nitrogen and oxygen atoms in total. The lowest BCUT2D eigenvalue weighted by Gasteiger charge is -2.22. The number of hydrogen-bond donors (Lipinski definition) is 4. The zero-order valence-corrected chi connectivity index (χ0v) is 14.2. The Balaban J connectivity index is 1.68. The molecule has 2 saturated heterocycles. The van der Waals surface area contributed by atoms with Gasteiger partial charge in [-0.25, -0.2) is 8.51 Å². The van der Waals surface area contributed by atoms with Gasteiger partial charge < -0.3 is 26.3 Å². The van der Waals surface area contributed by atoms with Crippen LogP contribution in [0, 0.1) is 0 Å². The van der Waals surface area contributed by atoms with Crippen molar-refractivity contribution in [3.05, 3.63) is 10.4 Å². The van der Waals surface area contributed by atoms with Gasteiger partial charge in [-0.05, 0) is 6.42 Å². The predicted octanol–water partition coefficient (Wildman–Crippen LogP) is -1.15. The van der Waals surface area contributed by atoms with E-state index >= 15 is 0 Å². The van der Waals surface area contributed by atoms with Crippen LogP contribution in [0.4, 0.5) is 17.5 Å². The average molecular weight is 358 g/mol. The summed E-state index contributed by atoms with van der Waals surface area (Å²) in [5.74, 6) is 0.849. The van der Waals surface area contributed by atoms with Crippen LogP contribution in [0.1, 0.15) is 12.8 Å². The summed E-state index contributed by atoms with van der Waals surface area (Å²) in [6.45, 7) is 1.32. The number of nitrogens with one attached hydrogen (secondary N) is 2. The summed E-state index contributed by atoms with van der Waals surface area (Å²) in [6.07, 6.45) is 0.670.